The minimum atomic E-state index is -0.133. The molecule has 0 fully saturated rings. The number of hydrogen-bond acceptors (Lipinski definition) is 4. The number of carbonyl (C=O) groups is 2. The summed E-state index contributed by atoms with van der Waals surface area (Å²) in [6, 6.07) is 3.01. The summed E-state index contributed by atoms with van der Waals surface area (Å²) in [5, 5.41) is 0. The molecule has 0 amide bonds. The van der Waals surface area contributed by atoms with Gasteiger partial charge in [-0.25, -0.2) is 0 Å². The van der Waals surface area contributed by atoms with E-state index >= 15 is 0 Å². The SMILES string of the molecule is NCCC(=O)c1cc(C=O)ccn1. The van der Waals surface area contributed by atoms with Crippen molar-refractivity contribution in [2.24, 2.45) is 5.73 Å². The first-order valence-electron chi connectivity index (χ1n) is 3.92. The molecule has 4 heteroatoms. The van der Waals surface area contributed by atoms with Crippen molar-refractivity contribution < 1.29 is 9.59 Å². The molecule has 0 aromatic carbocycles. The molecule has 1 aromatic heterocycles. The maximum absolute atomic E-state index is 11.3. The van der Waals surface area contributed by atoms with Crippen molar-refractivity contribution in [3.8, 4) is 0 Å². The summed E-state index contributed by atoms with van der Waals surface area (Å²) in [6.45, 7) is 0.297. The van der Waals surface area contributed by atoms with E-state index < -0.39 is 0 Å². The summed E-state index contributed by atoms with van der Waals surface area (Å²) in [7, 11) is 0. The summed E-state index contributed by atoms with van der Waals surface area (Å²) < 4.78 is 0. The fourth-order valence-corrected chi connectivity index (χ4v) is 0.932. The lowest BCUT2D eigenvalue weighted by Gasteiger charge is -1.97. The molecule has 0 saturated heterocycles. The van der Waals surface area contributed by atoms with Gasteiger partial charge in [0.25, 0.3) is 0 Å². The highest BCUT2D eigenvalue weighted by atomic mass is 16.1. The Labute approximate surface area is 75.8 Å². The van der Waals surface area contributed by atoms with Gasteiger partial charge in [0, 0.05) is 18.2 Å². The van der Waals surface area contributed by atoms with Crippen LogP contribution in [0.4, 0.5) is 0 Å². The molecule has 0 aliphatic rings. The van der Waals surface area contributed by atoms with Crippen LogP contribution in [0.25, 0.3) is 0 Å². The molecule has 1 aromatic rings. The zero-order valence-corrected chi connectivity index (χ0v) is 7.06. The second kappa shape index (κ2) is 4.47. The Balaban J connectivity index is 2.88. The number of rotatable bonds is 4. The topological polar surface area (TPSA) is 73.1 Å². The second-order valence-electron chi connectivity index (χ2n) is 2.55. The Morgan fingerprint density at radius 1 is 1.62 bits per heavy atom. The third kappa shape index (κ3) is 2.45. The number of ketones is 1. The minimum absolute atomic E-state index is 0.133. The standard InChI is InChI=1S/C9H10N2O2/c10-3-1-9(13)8-5-7(6-12)2-4-11-8/h2,4-6H,1,3,10H2. The van der Waals surface area contributed by atoms with Gasteiger partial charge in [0.05, 0.1) is 0 Å². The molecule has 0 saturated carbocycles. The van der Waals surface area contributed by atoms with Crippen LogP contribution in [0.1, 0.15) is 27.3 Å². The first-order valence-corrected chi connectivity index (χ1v) is 3.92. The molecule has 2 N–H and O–H groups in total. The van der Waals surface area contributed by atoms with Crippen molar-refractivity contribution in [2.45, 2.75) is 6.42 Å². The summed E-state index contributed by atoms with van der Waals surface area (Å²) in [6.07, 6.45) is 2.38. The lowest BCUT2D eigenvalue weighted by atomic mass is 10.1. The average molecular weight is 178 g/mol. The van der Waals surface area contributed by atoms with Crippen LogP contribution in [0.5, 0.6) is 0 Å². The molecule has 0 aliphatic heterocycles. The van der Waals surface area contributed by atoms with Gasteiger partial charge in [0.1, 0.15) is 12.0 Å². The van der Waals surface area contributed by atoms with Gasteiger partial charge in [-0.15, -0.1) is 0 Å². The molecular formula is C9H10N2O2. The predicted octanol–water partition coefficient (Wildman–Crippen LogP) is 0.426. The van der Waals surface area contributed by atoms with Crippen molar-refractivity contribution in [2.75, 3.05) is 6.54 Å². The van der Waals surface area contributed by atoms with Gasteiger partial charge in [0.2, 0.25) is 0 Å². The number of aromatic nitrogens is 1. The van der Waals surface area contributed by atoms with Gasteiger partial charge >= 0.3 is 0 Å². The van der Waals surface area contributed by atoms with E-state index in [2.05, 4.69) is 4.98 Å². The summed E-state index contributed by atoms with van der Waals surface area (Å²) in [4.78, 5) is 25.5. The van der Waals surface area contributed by atoms with Crippen LogP contribution in [0.3, 0.4) is 0 Å². The molecule has 0 radical (unpaired) electrons. The molecular weight excluding hydrogens is 168 g/mol. The normalized spacial score (nSPS) is 9.62. The number of carbonyl (C=O) groups excluding carboxylic acids is 2. The van der Waals surface area contributed by atoms with Gasteiger partial charge in [-0.1, -0.05) is 0 Å². The highest BCUT2D eigenvalue weighted by Gasteiger charge is 2.05. The van der Waals surface area contributed by atoms with Crippen LogP contribution in [-0.2, 0) is 0 Å². The van der Waals surface area contributed by atoms with Crippen LogP contribution in [0, 0.1) is 0 Å². The van der Waals surface area contributed by atoms with Gasteiger partial charge in [-0.2, -0.15) is 0 Å². The van der Waals surface area contributed by atoms with Crippen molar-refractivity contribution in [1.29, 1.82) is 0 Å². The zero-order chi connectivity index (χ0) is 9.68. The molecule has 13 heavy (non-hydrogen) atoms. The van der Waals surface area contributed by atoms with E-state index in [1.54, 1.807) is 6.07 Å². The summed E-state index contributed by atoms with van der Waals surface area (Å²) in [5.74, 6) is -0.133. The van der Waals surface area contributed by atoms with Crippen LogP contribution < -0.4 is 5.73 Å². The molecule has 0 unspecified atom stereocenters. The van der Waals surface area contributed by atoms with E-state index in [4.69, 9.17) is 5.73 Å². The number of aldehydes is 1. The predicted molar refractivity (Wildman–Crippen MR) is 47.6 cm³/mol. The van der Waals surface area contributed by atoms with Crippen molar-refractivity contribution in [3.05, 3.63) is 29.6 Å². The summed E-state index contributed by atoms with van der Waals surface area (Å²) >= 11 is 0. The Kier molecular flexibility index (Phi) is 3.28. The van der Waals surface area contributed by atoms with Crippen molar-refractivity contribution in [1.82, 2.24) is 4.98 Å². The average Bonchev–Trinajstić information content (AvgIpc) is 2.18. The molecule has 1 rings (SSSR count). The summed E-state index contributed by atoms with van der Waals surface area (Å²) in [5.41, 5.74) is 5.97. The molecule has 4 nitrogen and oxygen atoms in total. The highest BCUT2D eigenvalue weighted by molar-refractivity contribution is 5.95. The van der Waals surface area contributed by atoms with E-state index in [0.717, 1.165) is 0 Å². The Morgan fingerprint density at radius 2 is 2.38 bits per heavy atom. The minimum Gasteiger partial charge on any atom is -0.330 e. The smallest absolute Gasteiger partial charge is 0.182 e. The second-order valence-corrected chi connectivity index (χ2v) is 2.55. The van der Waals surface area contributed by atoms with Gasteiger partial charge < -0.3 is 5.73 Å². The monoisotopic (exact) mass is 178 g/mol. The quantitative estimate of drug-likeness (QED) is 0.535. The van der Waals surface area contributed by atoms with Gasteiger partial charge in [0.15, 0.2) is 5.78 Å². The Hall–Kier alpha value is -1.55. The zero-order valence-electron chi connectivity index (χ0n) is 7.06. The molecule has 1 heterocycles. The number of hydrogen-bond donors (Lipinski definition) is 1. The molecule has 0 bridgehead atoms. The van der Waals surface area contributed by atoms with Crippen molar-refractivity contribution >= 4 is 12.1 Å². The molecule has 0 spiro atoms. The largest absolute Gasteiger partial charge is 0.330 e. The van der Waals surface area contributed by atoms with E-state index in [-0.39, 0.29) is 12.2 Å². The van der Waals surface area contributed by atoms with Gasteiger partial charge in [-0.05, 0) is 18.7 Å². The molecule has 0 atom stereocenters. The number of nitrogens with zero attached hydrogens (tertiary/aromatic N) is 1. The third-order valence-electron chi connectivity index (χ3n) is 1.58. The van der Waals surface area contributed by atoms with Crippen LogP contribution in [0.2, 0.25) is 0 Å². The lowest BCUT2D eigenvalue weighted by molar-refractivity contribution is 0.0980. The molecule has 0 aliphatic carbocycles. The van der Waals surface area contributed by atoms with E-state index in [9.17, 15) is 9.59 Å². The number of Topliss-reactive ketones (excluding diaryl/α,β-unsaturated/α-hetero) is 1. The van der Waals surface area contributed by atoms with Crippen LogP contribution in [0.15, 0.2) is 18.3 Å². The lowest BCUT2D eigenvalue weighted by Crippen LogP contribution is -2.09. The highest BCUT2D eigenvalue weighted by Crippen LogP contribution is 2.01. The Morgan fingerprint density at radius 3 is 3.00 bits per heavy atom. The van der Waals surface area contributed by atoms with E-state index in [1.807, 2.05) is 0 Å². The van der Waals surface area contributed by atoms with E-state index in [0.29, 0.717) is 24.1 Å². The first-order chi connectivity index (χ1) is 6.27. The van der Waals surface area contributed by atoms with Crippen molar-refractivity contribution in [3.63, 3.8) is 0 Å². The van der Waals surface area contributed by atoms with Crippen LogP contribution >= 0.6 is 0 Å². The fraction of sp³-hybridized carbons (Fsp3) is 0.222. The maximum atomic E-state index is 11.3. The fourth-order valence-electron chi connectivity index (χ4n) is 0.932. The third-order valence-corrected chi connectivity index (χ3v) is 1.58. The maximum Gasteiger partial charge on any atom is 0.182 e. The Bertz CT molecular complexity index is 323. The number of pyridine rings is 1. The van der Waals surface area contributed by atoms with Gasteiger partial charge in [-0.3, -0.25) is 14.6 Å². The number of nitrogens with two attached hydrogens (primary N) is 1. The first kappa shape index (κ1) is 9.54. The molecule has 68 valence electrons. The van der Waals surface area contributed by atoms with Crippen LogP contribution in [-0.4, -0.2) is 23.6 Å². The van der Waals surface area contributed by atoms with E-state index in [1.165, 1.54) is 12.3 Å².